The highest BCUT2D eigenvalue weighted by Gasteiger charge is 2.28. The van der Waals surface area contributed by atoms with Crippen molar-refractivity contribution < 1.29 is 4.79 Å². The summed E-state index contributed by atoms with van der Waals surface area (Å²) >= 11 is 0. The van der Waals surface area contributed by atoms with Gasteiger partial charge in [-0.25, -0.2) is 0 Å². The van der Waals surface area contributed by atoms with Crippen molar-refractivity contribution in [1.82, 2.24) is 4.98 Å². The summed E-state index contributed by atoms with van der Waals surface area (Å²) < 4.78 is 0. The number of ketones is 1. The van der Waals surface area contributed by atoms with E-state index in [-0.39, 0.29) is 16.7 Å². The van der Waals surface area contributed by atoms with Gasteiger partial charge < -0.3 is 0 Å². The Morgan fingerprint density at radius 2 is 1.35 bits per heavy atom. The lowest BCUT2D eigenvalue weighted by Crippen LogP contribution is -2.05. The third kappa shape index (κ3) is 3.26. The highest BCUT2D eigenvalue weighted by Crippen LogP contribution is 2.32. The Bertz CT molecular complexity index is 1060. The fourth-order valence-electron chi connectivity index (χ4n) is 3.00. The van der Waals surface area contributed by atoms with Crippen LogP contribution in [0.25, 0.3) is 10.8 Å². The first-order valence-corrected chi connectivity index (χ1v) is 9.69. The van der Waals surface area contributed by atoms with E-state index in [4.69, 9.17) is 0 Å². The van der Waals surface area contributed by atoms with Gasteiger partial charge in [-0.3, -0.25) is 9.78 Å². The highest BCUT2D eigenvalue weighted by molar-refractivity contribution is 7.97. The van der Waals surface area contributed by atoms with Gasteiger partial charge in [0.05, 0.1) is 10.9 Å². The molecule has 0 saturated carbocycles. The number of hydrogen-bond acceptors (Lipinski definition) is 2. The lowest BCUT2D eigenvalue weighted by atomic mass is 10.1. The van der Waals surface area contributed by atoms with Gasteiger partial charge in [0.25, 0.3) is 0 Å². The monoisotopic (exact) mass is 356 g/mol. The second-order valence-electron chi connectivity index (χ2n) is 6.08. The van der Waals surface area contributed by atoms with Crippen LogP contribution in [0.2, 0.25) is 0 Å². The summed E-state index contributed by atoms with van der Waals surface area (Å²) in [4.78, 5) is 19.4. The van der Waals surface area contributed by atoms with E-state index in [0.29, 0.717) is 0 Å². The first kappa shape index (κ1) is 16.6. The van der Waals surface area contributed by atoms with Crippen LogP contribution >= 0.6 is 0 Å². The largest absolute Gasteiger partial charge is 0.295 e. The normalized spacial score (nSPS) is 12.0. The van der Waals surface area contributed by atoms with Crippen LogP contribution in [0.1, 0.15) is 17.3 Å². The maximum atomic E-state index is 11.6. The summed E-state index contributed by atoms with van der Waals surface area (Å²) in [5.41, 5.74) is 0.741. The summed E-state index contributed by atoms with van der Waals surface area (Å²) in [6.45, 7) is 1.60. The van der Waals surface area contributed by atoms with E-state index in [9.17, 15) is 4.79 Å². The number of hydrogen-bond donors (Lipinski definition) is 0. The van der Waals surface area contributed by atoms with E-state index in [1.165, 1.54) is 25.5 Å². The Morgan fingerprint density at radius 3 is 2.04 bits per heavy atom. The van der Waals surface area contributed by atoms with E-state index < -0.39 is 0 Å². The van der Waals surface area contributed by atoms with Gasteiger partial charge in [0.2, 0.25) is 0 Å². The Morgan fingerprint density at radius 1 is 0.731 bits per heavy atom. The zero-order valence-corrected chi connectivity index (χ0v) is 15.2. The van der Waals surface area contributed by atoms with Crippen molar-refractivity contribution in [2.24, 2.45) is 0 Å². The van der Waals surface area contributed by atoms with Gasteiger partial charge in [0, 0.05) is 36.2 Å². The summed E-state index contributed by atoms with van der Waals surface area (Å²) in [6.07, 6.45) is 3.67. The zero-order chi connectivity index (χ0) is 17.9. The molecule has 1 unspecified atom stereocenters. The molecule has 26 heavy (non-hydrogen) atoms. The number of carbonyl (C=O) groups is 1. The third-order valence-corrected chi connectivity index (χ3v) is 6.55. The SMILES string of the molecule is CC(=O)c1ccc([S+](c2ccncc2)c2ccc3ccccc3c2)cc1. The molecular weight excluding hydrogens is 338 g/mol. The maximum absolute atomic E-state index is 11.6. The molecular formula is C23H18NOS+. The minimum atomic E-state index is -0.243. The zero-order valence-electron chi connectivity index (χ0n) is 14.4. The molecule has 3 aromatic carbocycles. The van der Waals surface area contributed by atoms with Crippen LogP contribution in [0.15, 0.2) is 106 Å². The van der Waals surface area contributed by atoms with Gasteiger partial charge in [-0.2, -0.15) is 0 Å². The Balaban J connectivity index is 1.86. The van der Waals surface area contributed by atoms with Crippen molar-refractivity contribution >= 4 is 27.5 Å². The number of benzene rings is 3. The predicted octanol–water partition coefficient (Wildman–Crippen LogP) is 5.53. The number of fused-ring (bicyclic) bond motifs is 1. The van der Waals surface area contributed by atoms with Crippen molar-refractivity contribution in [3.05, 3.63) is 96.8 Å². The summed E-state index contributed by atoms with van der Waals surface area (Å²) in [5, 5.41) is 2.47. The summed E-state index contributed by atoms with van der Waals surface area (Å²) in [7, 11) is -0.243. The Labute approximate surface area is 155 Å². The second kappa shape index (κ2) is 7.14. The molecule has 1 atom stereocenters. The molecule has 0 aliphatic rings. The van der Waals surface area contributed by atoms with Gasteiger partial charge in [-0.1, -0.05) is 24.3 Å². The topological polar surface area (TPSA) is 30.0 Å². The molecule has 4 aromatic rings. The molecule has 3 heteroatoms. The van der Waals surface area contributed by atoms with Crippen molar-refractivity contribution in [3.63, 3.8) is 0 Å². The lowest BCUT2D eigenvalue weighted by Gasteiger charge is -2.09. The van der Waals surface area contributed by atoms with E-state index in [1.807, 2.05) is 24.5 Å². The average molecular weight is 356 g/mol. The minimum Gasteiger partial charge on any atom is -0.295 e. The molecule has 4 rings (SSSR count). The Kier molecular flexibility index (Phi) is 4.55. The van der Waals surface area contributed by atoms with Crippen LogP contribution in [-0.2, 0) is 10.9 Å². The fourth-order valence-corrected chi connectivity index (χ4v) is 5.07. The quantitative estimate of drug-likeness (QED) is 0.355. The number of Topliss-reactive ketones (excluding diaryl/α,β-unsaturated/α-hetero) is 1. The average Bonchev–Trinajstić information content (AvgIpc) is 2.69. The van der Waals surface area contributed by atoms with Crippen LogP contribution in [0.4, 0.5) is 0 Å². The molecule has 1 heterocycles. The second-order valence-corrected chi connectivity index (χ2v) is 8.11. The molecule has 0 spiro atoms. The number of rotatable bonds is 4. The predicted molar refractivity (Wildman–Crippen MR) is 107 cm³/mol. The number of carbonyl (C=O) groups excluding carboxylic acids is 1. The van der Waals surface area contributed by atoms with Gasteiger partial charge >= 0.3 is 0 Å². The van der Waals surface area contributed by atoms with Crippen LogP contribution < -0.4 is 0 Å². The van der Waals surface area contributed by atoms with Crippen molar-refractivity contribution in [1.29, 1.82) is 0 Å². The molecule has 0 fully saturated rings. The van der Waals surface area contributed by atoms with Crippen LogP contribution in [0, 0.1) is 0 Å². The molecule has 2 nitrogen and oxygen atoms in total. The van der Waals surface area contributed by atoms with Gasteiger partial charge in [-0.05, 0) is 54.1 Å². The molecule has 0 aliphatic heterocycles. The fraction of sp³-hybridized carbons (Fsp3) is 0.0435. The van der Waals surface area contributed by atoms with Crippen molar-refractivity contribution in [3.8, 4) is 0 Å². The third-order valence-electron chi connectivity index (χ3n) is 4.34. The van der Waals surface area contributed by atoms with E-state index in [1.54, 1.807) is 6.92 Å². The van der Waals surface area contributed by atoms with Crippen LogP contribution in [0.5, 0.6) is 0 Å². The number of nitrogens with zero attached hydrogens (tertiary/aromatic N) is 1. The standard InChI is InChI=1S/C23H18NOS/c1-17(25)18-6-9-21(10-7-18)26(22-12-14-24-15-13-22)23-11-8-19-4-2-3-5-20(19)16-23/h2-16H,1H3/q+1. The van der Waals surface area contributed by atoms with Gasteiger partial charge in [0.15, 0.2) is 20.5 Å². The smallest absolute Gasteiger partial charge is 0.169 e. The summed E-state index contributed by atoms with van der Waals surface area (Å²) in [5.74, 6) is 0.0889. The molecule has 0 bridgehead atoms. The lowest BCUT2D eigenvalue weighted by molar-refractivity contribution is 0.101. The number of aromatic nitrogens is 1. The van der Waals surface area contributed by atoms with Gasteiger partial charge in [0.1, 0.15) is 0 Å². The number of pyridine rings is 1. The highest BCUT2D eigenvalue weighted by atomic mass is 32.2. The molecule has 0 saturated heterocycles. The maximum Gasteiger partial charge on any atom is 0.169 e. The van der Waals surface area contributed by atoms with E-state index in [2.05, 4.69) is 71.7 Å². The molecule has 0 radical (unpaired) electrons. The Hall–Kier alpha value is -2.91. The van der Waals surface area contributed by atoms with Gasteiger partial charge in [-0.15, -0.1) is 0 Å². The molecule has 126 valence electrons. The summed E-state index contributed by atoms with van der Waals surface area (Å²) in [6, 6.07) is 27.1. The minimum absolute atomic E-state index is 0.0889. The van der Waals surface area contributed by atoms with E-state index >= 15 is 0 Å². The first-order valence-electron chi connectivity index (χ1n) is 8.46. The van der Waals surface area contributed by atoms with Crippen LogP contribution in [0.3, 0.4) is 0 Å². The van der Waals surface area contributed by atoms with Crippen LogP contribution in [-0.4, -0.2) is 10.8 Å². The molecule has 0 aliphatic carbocycles. The van der Waals surface area contributed by atoms with E-state index in [0.717, 1.165) is 5.56 Å². The molecule has 0 amide bonds. The van der Waals surface area contributed by atoms with Crippen molar-refractivity contribution in [2.75, 3.05) is 0 Å². The van der Waals surface area contributed by atoms with Crippen molar-refractivity contribution in [2.45, 2.75) is 21.6 Å². The molecule has 0 N–H and O–H groups in total. The molecule has 1 aromatic heterocycles. The first-order chi connectivity index (χ1) is 12.7.